The maximum Gasteiger partial charge on any atom is 0.425 e. The Kier molecular flexibility index (Phi) is 20.1. The van der Waals surface area contributed by atoms with Crippen LogP contribution in [0.2, 0.25) is 0 Å². The fraction of sp³-hybridized carbons (Fsp3) is 0.293. The number of azide groups is 3. The maximum absolute atomic E-state index is 13.2. The van der Waals surface area contributed by atoms with E-state index in [0.29, 0.717) is 5.56 Å². The minimum Gasteiger partial charge on any atom is -0.441 e. The fourth-order valence-corrected chi connectivity index (χ4v) is 8.08. The zero-order valence-corrected chi connectivity index (χ0v) is 36.2. The van der Waals surface area contributed by atoms with Gasteiger partial charge in [0.05, 0.1) is 24.4 Å². The Balaban J connectivity index is 1.35. The quantitative estimate of drug-likeness (QED) is 0.00520. The van der Waals surface area contributed by atoms with Crippen molar-refractivity contribution in [1.29, 1.82) is 5.53 Å². The number of rotatable bonds is 25. The normalized spacial score (nSPS) is 12.3. The minimum absolute atomic E-state index is 0.00205. The molecule has 0 saturated carbocycles. The summed E-state index contributed by atoms with van der Waals surface area (Å²) in [6.07, 6.45) is -2.68. The summed E-state index contributed by atoms with van der Waals surface area (Å²) >= 11 is 1.44. The zero-order chi connectivity index (χ0) is 48.5. The van der Waals surface area contributed by atoms with Gasteiger partial charge in [0.1, 0.15) is 23.4 Å². The van der Waals surface area contributed by atoms with Gasteiger partial charge in [-0.2, -0.15) is 5.53 Å². The van der Waals surface area contributed by atoms with Gasteiger partial charge >= 0.3 is 18.1 Å². The van der Waals surface area contributed by atoms with Crippen LogP contribution in [0.4, 0.5) is 9.59 Å². The van der Waals surface area contributed by atoms with Crippen molar-refractivity contribution in [3.63, 3.8) is 0 Å². The van der Waals surface area contributed by atoms with Gasteiger partial charge in [-0.15, -0.1) is 16.7 Å². The largest absolute Gasteiger partial charge is 0.441 e. The molecule has 67 heavy (non-hydrogen) atoms. The number of nitrogens with zero attached hydrogens (tertiary/aromatic N) is 12. The lowest BCUT2D eigenvalue weighted by Gasteiger charge is -2.36. The Labute approximate surface area is 385 Å². The molecule has 0 fully saturated rings. The fourth-order valence-electron chi connectivity index (χ4n) is 6.52. The highest BCUT2D eigenvalue weighted by atomic mass is 32.2. The molecule has 0 aliphatic rings. The lowest BCUT2D eigenvalue weighted by Crippen LogP contribution is -2.55. The molecule has 0 unspecified atom stereocenters. The third-order valence-corrected chi connectivity index (χ3v) is 11.4. The molecule has 0 heterocycles. The molecule has 4 aromatic rings. The summed E-state index contributed by atoms with van der Waals surface area (Å²) in [5.41, 5.74) is 36.9. The molecule has 5 amide bonds. The molecule has 6 N–H and O–H groups in total. The van der Waals surface area contributed by atoms with Gasteiger partial charge in [0, 0.05) is 45.1 Å². The van der Waals surface area contributed by atoms with Crippen molar-refractivity contribution < 1.29 is 33.4 Å². The Hall–Kier alpha value is -8.53. The standard InChI is InChI=1S/C41H43N17O8S/c42-54-48-25-40(26-49-55-43,27-50-56-44)66-39(63)58(46)34(37(61)53-64)23-28-18-20-32(21-19-28)65-38(62)47-22-10-17-35(59)51-33(36(60)52-57-45)24-67-41(29-11-4-1-5-12-29,30-13-6-2-7-14-30)31-15-8-3-9-16-31/h1-9,11-16,18-21,33-34H,10,17,22-27,46H2,(H,47,62)(H,51,59)(H2,45,52,60)/t33-,34-/m0/s1. The van der Waals surface area contributed by atoms with E-state index >= 15 is 0 Å². The number of amides is 5. The molecule has 0 aromatic heterocycles. The summed E-state index contributed by atoms with van der Waals surface area (Å²) in [7, 11) is 0. The highest BCUT2D eigenvalue weighted by Gasteiger charge is 2.40. The molecule has 25 nitrogen and oxygen atoms in total. The molecule has 4 rings (SSSR count). The van der Waals surface area contributed by atoms with Crippen LogP contribution >= 0.6 is 11.8 Å². The Morgan fingerprint density at radius 3 is 1.75 bits per heavy atom. The number of hydrogen-bond donors (Lipinski definition) is 5. The number of hydrogen-bond acceptors (Lipinski definition) is 15. The molecule has 0 bridgehead atoms. The van der Waals surface area contributed by atoms with Gasteiger partial charge in [-0.3, -0.25) is 14.4 Å². The summed E-state index contributed by atoms with van der Waals surface area (Å²) in [6.45, 7) is -1.99. The Morgan fingerprint density at radius 1 is 0.776 bits per heavy atom. The van der Waals surface area contributed by atoms with Gasteiger partial charge in [0.2, 0.25) is 5.91 Å². The molecular weight excluding hydrogens is 891 g/mol. The van der Waals surface area contributed by atoms with Crippen LogP contribution in [0.1, 0.15) is 35.1 Å². The number of carbonyl (C=O) groups excluding carboxylic acids is 5. The van der Waals surface area contributed by atoms with Crippen LogP contribution in [-0.2, 0) is 30.3 Å². The van der Waals surface area contributed by atoms with Crippen molar-refractivity contribution in [3.05, 3.63) is 174 Å². The van der Waals surface area contributed by atoms with Gasteiger partial charge in [-0.1, -0.05) is 124 Å². The molecule has 0 aliphatic heterocycles. The van der Waals surface area contributed by atoms with Gasteiger partial charge in [0.15, 0.2) is 0 Å². The average Bonchev–Trinajstić information content (AvgIpc) is 3.35. The highest BCUT2D eigenvalue weighted by molar-refractivity contribution is 8.00. The second-order valence-electron chi connectivity index (χ2n) is 14.1. The molecule has 2 atom stereocenters. The molecule has 0 aliphatic carbocycles. The number of nitroso groups, excluding NO2 is 1. The van der Waals surface area contributed by atoms with E-state index in [1.807, 2.05) is 91.0 Å². The summed E-state index contributed by atoms with van der Waals surface area (Å²) in [4.78, 5) is 83.6. The van der Waals surface area contributed by atoms with E-state index in [4.69, 9.17) is 37.4 Å². The van der Waals surface area contributed by atoms with Crippen molar-refractivity contribution in [2.24, 2.45) is 31.6 Å². The third kappa shape index (κ3) is 14.8. The maximum atomic E-state index is 13.2. The van der Waals surface area contributed by atoms with Crippen LogP contribution in [0.25, 0.3) is 31.3 Å². The van der Waals surface area contributed by atoms with E-state index in [9.17, 15) is 28.9 Å². The van der Waals surface area contributed by atoms with Gasteiger partial charge in [-0.05, 0) is 57.4 Å². The zero-order valence-electron chi connectivity index (χ0n) is 35.4. The number of thioether (sulfide) groups is 1. The number of nitrogens with two attached hydrogens (primary N) is 1. The van der Waals surface area contributed by atoms with Crippen LogP contribution in [-0.4, -0.2) is 84.5 Å². The van der Waals surface area contributed by atoms with Crippen molar-refractivity contribution in [1.82, 2.24) is 21.1 Å². The van der Waals surface area contributed by atoms with E-state index in [1.165, 1.54) is 36.0 Å². The molecular formula is C41H43N17O8S. The first-order valence-corrected chi connectivity index (χ1v) is 20.9. The second-order valence-corrected chi connectivity index (χ2v) is 15.4. The smallest absolute Gasteiger partial charge is 0.425 e. The molecule has 346 valence electrons. The topological polar surface area (TPSA) is 381 Å². The predicted molar refractivity (Wildman–Crippen MR) is 242 cm³/mol. The summed E-state index contributed by atoms with van der Waals surface area (Å²) < 4.78 is 9.79. The summed E-state index contributed by atoms with van der Waals surface area (Å²) in [5, 5.41) is 20.8. The average molecular weight is 934 g/mol. The molecule has 0 radical (unpaired) electrons. The lowest BCUT2D eigenvalue weighted by molar-refractivity contribution is -0.128. The van der Waals surface area contributed by atoms with E-state index in [2.05, 4.69) is 56.5 Å². The summed E-state index contributed by atoms with van der Waals surface area (Å²) in [5.74, 6) is 3.44. The van der Waals surface area contributed by atoms with Crippen molar-refractivity contribution in [3.8, 4) is 5.75 Å². The molecule has 26 heteroatoms. The van der Waals surface area contributed by atoms with Crippen molar-refractivity contribution >= 4 is 41.7 Å². The molecule has 0 spiro atoms. The number of carbonyl (C=O) groups is 5. The van der Waals surface area contributed by atoms with Crippen LogP contribution in [0.3, 0.4) is 0 Å². The second kappa shape index (κ2) is 26.3. The third-order valence-electron chi connectivity index (χ3n) is 9.73. The monoisotopic (exact) mass is 933 g/mol. The predicted octanol–water partition coefficient (Wildman–Crippen LogP) is 7.01. The van der Waals surface area contributed by atoms with Gasteiger partial charge in [-0.25, -0.2) is 25.9 Å². The van der Waals surface area contributed by atoms with Crippen LogP contribution in [0.5, 0.6) is 5.75 Å². The van der Waals surface area contributed by atoms with E-state index in [-0.39, 0.29) is 35.9 Å². The van der Waals surface area contributed by atoms with E-state index in [1.54, 1.807) is 0 Å². The summed E-state index contributed by atoms with van der Waals surface area (Å²) in [6, 6.07) is 31.9. The Morgan fingerprint density at radius 2 is 1.28 bits per heavy atom. The van der Waals surface area contributed by atoms with Crippen LogP contribution in [0, 0.1) is 10.4 Å². The van der Waals surface area contributed by atoms with Crippen molar-refractivity contribution in [2.45, 2.75) is 41.7 Å². The first-order valence-electron chi connectivity index (χ1n) is 19.9. The highest BCUT2D eigenvalue weighted by Crippen LogP contribution is 2.48. The number of benzene rings is 4. The number of nitrogens with one attached hydrogen (secondary N) is 4. The number of hydrazine groups is 1. The van der Waals surface area contributed by atoms with Crippen molar-refractivity contribution in [2.75, 3.05) is 31.9 Å². The van der Waals surface area contributed by atoms with Crippen LogP contribution < -0.4 is 26.6 Å². The van der Waals surface area contributed by atoms with Crippen LogP contribution in [0.15, 0.2) is 141 Å². The SMILES string of the molecule is [N-]=[N+]=NCC(CN=[N+]=[N-])(CN=[N+]=[N-])OC(=O)N(N)[C@@H](Cc1ccc(OC(=O)NCCCC(=O)N[C@@H](CSC(c2ccccc2)(c2ccccc2)c2ccccc2)C(=O)NN=N)cc1)C(=O)N=O. The molecule has 4 aromatic carbocycles. The molecule has 0 saturated heterocycles. The van der Waals surface area contributed by atoms with E-state index in [0.717, 1.165) is 16.7 Å². The van der Waals surface area contributed by atoms with Gasteiger partial charge < -0.3 is 20.1 Å². The lowest BCUT2D eigenvalue weighted by atomic mass is 9.84. The number of ether oxygens (including phenoxy) is 2. The van der Waals surface area contributed by atoms with E-state index < -0.39 is 78.4 Å². The first-order chi connectivity index (χ1) is 32.4. The minimum atomic E-state index is -2.00. The van der Waals surface area contributed by atoms with Gasteiger partial charge in [0.25, 0.3) is 5.91 Å². The Bertz CT molecular complexity index is 2340. The first kappa shape index (κ1) is 51.1.